The van der Waals surface area contributed by atoms with E-state index in [0.29, 0.717) is 17.7 Å². The Morgan fingerprint density at radius 1 is 0.907 bits per heavy atom. The maximum absolute atomic E-state index is 14.5. The molecular weight excluding hydrogens is 542 g/mol. The lowest BCUT2D eigenvalue weighted by atomic mass is 9.97. The monoisotopic (exact) mass is 587 g/mol. The predicted molar refractivity (Wildman–Crippen MR) is 170 cm³/mol. The maximum atomic E-state index is 14.5. The van der Waals surface area contributed by atoms with Crippen molar-refractivity contribution in [2.75, 3.05) is 11.9 Å². The van der Waals surface area contributed by atoms with E-state index in [1.54, 1.807) is 37.8 Å². The Balaban J connectivity index is 2.10. The summed E-state index contributed by atoms with van der Waals surface area (Å²) in [5, 5.41) is 15.7. The van der Waals surface area contributed by atoms with E-state index in [-0.39, 0.29) is 24.6 Å². The molecule has 0 aliphatic rings. The largest absolute Gasteiger partial charge is 0.508 e. The molecule has 2 unspecified atom stereocenters. The van der Waals surface area contributed by atoms with Gasteiger partial charge in [0, 0.05) is 18.7 Å². The molecule has 8 nitrogen and oxygen atoms in total. The smallest absolute Gasteiger partial charge is 0.408 e. The van der Waals surface area contributed by atoms with Crippen molar-refractivity contribution in [1.29, 1.82) is 0 Å². The standard InChI is InChI=1S/C35H45N3O5/c1-9-17-38(33(41)29(36-34(42)43-35(6,7)8)21-26-13-15-28(39)16-14-26)31(27-19-22(2)18-23(3)20-27)32(40)37-30-24(4)11-10-12-25(30)5/h10-16,18-20,29,31,39H,9,17,21H2,1-8H3,(H,36,42)(H,37,40). The van der Waals surface area contributed by atoms with Crippen LogP contribution in [0.15, 0.2) is 60.7 Å². The van der Waals surface area contributed by atoms with E-state index in [2.05, 4.69) is 10.6 Å². The number of para-hydroxylation sites is 1. The lowest BCUT2D eigenvalue weighted by molar-refractivity contribution is -0.140. The Bertz CT molecular complexity index is 1400. The number of carbonyl (C=O) groups excluding carboxylic acids is 3. The third kappa shape index (κ3) is 9.33. The third-order valence-corrected chi connectivity index (χ3v) is 6.96. The number of benzene rings is 3. The van der Waals surface area contributed by atoms with Crippen LogP contribution in [0.3, 0.4) is 0 Å². The predicted octanol–water partition coefficient (Wildman–Crippen LogP) is 6.68. The van der Waals surface area contributed by atoms with Crippen LogP contribution in [-0.4, -0.2) is 46.1 Å². The summed E-state index contributed by atoms with van der Waals surface area (Å²) in [6.07, 6.45) is -0.0114. The molecule has 0 aliphatic carbocycles. The van der Waals surface area contributed by atoms with Gasteiger partial charge in [-0.1, -0.05) is 66.6 Å². The minimum Gasteiger partial charge on any atom is -0.508 e. The number of anilines is 1. The van der Waals surface area contributed by atoms with Gasteiger partial charge in [-0.05, 0) is 89.3 Å². The second kappa shape index (κ2) is 14.2. The SMILES string of the molecule is CCCN(C(=O)C(Cc1ccc(O)cc1)NC(=O)OC(C)(C)C)C(C(=O)Nc1c(C)cccc1C)c1cc(C)cc(C)c1. The van der Waals surface area contributed by atoms with Crippen LogP contribution in [0.1, 0.15) is 73.5 Å². The van der Waals surface area contributed by atoms with Crippen LogP contribution in [0.2, 0.25) is 0 Å². The quantitative estimate of drug-likeness (QED) is 0.245. The number of carbonyl (C=O) groups is 3. The zero-order valence-electron chi connectivity index (χ0n) is 26.6. The number of phenolic OH excluding ortho intramolecular Hbond substituents is 1. The molecule has 0 fully saturated rings. The van der Waals surface area contributed by atoms with Gasteiger partial charge in [0.1, 0.15) is 23.4 Å². The van der Waals surface area contributed by atoms with E-state index in [9.17, 15) is 19.5 Å². The summed E-state index contributed by atoms with van der Waals surface area (Å²) in [4.78, 5) is 43.3. The van der Waals surface area contributed by atoms with Crippen LogP contribution in [0.5, 0.6) is 5.75 Å². The molecule has 0 aromatic heterocycles. The summed E-state index contributed by atoms with van der Waals surface area (Å²) in [5.41, 5.74) is 5.11. The van der Waals surface area contributed by atoms with Gasteiger partial charge in [0.05, 0.1) is 0 Å². The Labute approximate surface area is 255 Å². The van der Waals surface area contributed by atoms with Crippen molar-refractivity contribution in [1.82, 2.24) is 10.2 Å². The fraction of sp³-hybridized carbons (Fsp3) is 0.400. The Morgan fingerprint density at radius 2 is 1.49 bits per heavy atom. The summed E-state index contributed by atoms with van der Waals surface area (Å²) in [7, 11) is 0. The van der Waals surface area contributed by atoms with Gasteiger partial charge in [-0.15, -0.1) is 0 Å². The molecule has 3 aromatic rings. The van der Waals surface area contributed by atoms with Gasteiger partial charge in [0.25, 0.3) is 5.91 Å². The van der Waals surface area contributed by atoms with Crippen molar-refractivity contribution in [3.8, 4) is 5.75 Å². The first-order valence-corrected chi connectivity index (χ1v) is 14.7. The number of nitrogens with one attached hydrogen (secondary N) is 2. The van der Waals surface area contributed by atoms with E-state index >= 15 is 0 Å². The maximum Gasteiger partial charge on any atom is 0.408 e. The van der Waals surface area contributed by atoms with Crippen molar-refractivity contribution in [2.24, 2.45) is 0 Å². The number of phenols is 1. The van der Waals surface area contributed by atoms with Gasteiger partial charge in [0.2, 0.25) is 5.91 Å². The molecule has 2 atom stereocenters. The average Bonchev–Trinajstić information content (AvgIpc) is 2.89. The van der Waals surface area contributed by atoms with Crippen molar-refractivity contribution in [2.45, 2.75) is 85.9 Å². The normalized spacial score (nSPS) is 12.7. The molecule has 230 valence electrons. The first-order valence-electron chi connectivity index (χ1n) is 14.7. The second-order valence-corrected chi connectivity index (χ2v) is 12.2. The van der Waals surface area contributed by atoms with E-state index in [4.69, 9.17) is 4.74 Å². The van der Waals surface area contributed by atoms with Crippen LogP contribution in [0.25, 0.3) is 0 Å². The van der Waals surface area contributed by atoms with Gasteiger partial charge in [0.15, 0.2) is 0 Å². The van der Waals surface area contributed by atoms with E-state index in [1.807, 2.05) is 71.0 Å². The van der Waals surface area contributed by atoms with Crippen LogP contribution in [0, 0.1) is 27.7 Å². The first-order chi connectivity index (χ1) is 20.2. The third-order valence-electron chi connectivity index (χ3n) is 6.96. The molecule has 8 heteroatoms. The molecule has 3 rings (SSSR count). The number of hydrogen-bond acceptors (Lipinski definition) is 5. The number of aryl methyl sites for hydroxylation is 4. The minimum atomic E-state index is -1.03. The van der Waals surface area contributed by atoms with Crippen LogP contribution < -0.4 is 10.6 Å². The topological polar surface area (TPSA) is 108 Å². The van der Waals surface area contributed by atoms with Crippen molar-refractivity contribution in [3.63, 3.8) is 0 Å². The molecule has 0 saturated heterocycles. The number of amides is 3. The number of alkyl carbamates (subject to hydrolysis) is 1. The van der Waals surface area contributed by atoms with Crippen LogP contribution in [-0.2, 0) is 20.7 Å². The van der Waals surface area contributed by atoms with Crippen molar-refractivity contribution in [3.05, 3.63) is 94.0 Å². The molecule has 0 bridgehead atoms. The fourth-order valence-electron chi connectivity index (χ4n) is 5.17. The molecule has 3 N–H and O–H groups in total. The highest BCUT2D eigenvalue weighted by Crippen LogP contribution is 2.29. The van der Waals surface area contributed by atoms with E-state index in [0.717, 1.165) is 27.8 Å². The number of aromatic hydroxyl groups is 1. The van der Waals surface area contributed by atoms with Crippen molar-refractivity contribution >= 4 is 23.6 Å². The average molecular weight is 588 g/mol. The highest BCUT2D eigenvalue weighted by Gasteiger charge is 2.36. The van der Waals surface area contributed by atoms with E-state index in [1.165, 1.54) is 12.1 Å². The van der Waals surface area contributed by atoms with Crippen molar-refractivity contribution < 1.29 is 24.2 Å². The summed E-state index contributed by atoms with van der Waals surface area (Å²) < 4.78 is 5.50. The first kappa shape index (κ1) is 33.2. The molecule has 43 heavy (non-hydrogen) atoms. The molecule has 3 aromatic carbocycles. The number of ether oxygens (including phenoxy) is 1. The Hall–Kier alpha value is -4.33. The lowest BCUT2D eigenvalue weighted by Crippen LogP contribution is -2.53. The van der Waals surface area contributed by atoms with Gasteiger partial charge < -0.3 is 25.4 Å². The molecule has 0 heterocycles. The van der Waals surface area contributed by atoms with Gasteiger partial charge in [-0.3, -0.25) is 9.59 Å². The molecular formula is C35H45N3O5. The summed E-state index contributed by atoms with van der Waals surface area (Å²) >= 11 is 0. The number of rotatable bonds is 10. The Morgan fingerprint density at radius 3 is 2.02 bits per heavy atom. The Kier molecular flexibility index (Phi) is 11.0. The minimum absolute atomic E-state index is 0.0948. The summed E-state index contributed by atoms with van der Waals surface area (Å²) in [6.45, 7) is 15.3. The van der Waals surface area contributed by atoms with E-state index < -0.39 is 29.7 Å². The fourth-order valence-corrected chi connectivity index (χ4v) is 5.17. The zero-order chi connectivity index (χ0) is 31.9. The highest BCUT2D eigenvalue weighted by molar-refractivity contribution is 6.00. The van der Waals surface area contributed by atoms with Crippen LogP contribution in [0.4, 0.5) is 10.5 Å². The zero-order valence-corrected chi connectivity index (χ0v) is 26.6. The van der Waals surface area contributed by atoms with Gasteiger partial charge in [-0.2, -0.15) is 0 Å². The van der Waals surface area contributed by atoms with Gasteiger partial charge >= 0.3 is 6.09 Å². The summed E-state index contributed by atoms with van der Waals surface area (Å²) in [5.74, 6) is -0.663. The second-order valence-electron chi connectivity index (χ2n) is 12.2. The lowest BCUT2D eigenvalue weighted by Gasteiger charge is -2.35. The highest BCUT2D eigenvalue weighted by atomic mass is 16.6. The molecule has 0 radical (unpaired) electrons. The molecule has 0 saturated carbocycles. The van der Waals surface area contributed by atoms with Crippen LogP contribution >= 0.6 is 0 Å². The molecule has 0 aliphatic heterocycles. The number of hydrogen-bond donors (Lipinski definition) is 3. The summed E-state index contributed by atoms with van der Waals surface area (Å²) in [6, 6.07) is 16.1. The number of nitrogens with zero attached hydrogens (tertiary/aromatic N) is 1. The van der Waals surface area contributed by atoms with Gasteiger partial charge in [-0.25, -0.2) is 4.79 Å². The molecule has 3 amide bonds. The molecule has 0 spiro atoms.